The summed E-state index contributed by atoms with van der Waals surface area (Å²) in [5.41, 5.74) is 3.11. The van der Waals surface area contributed by atoms with Crippen molar-refractivity contribution in [1.82, 2.24) is 4.98 Å². The van der Waals surface area contributed by atoms with E-state index in [2.05, 4.69) is 10.3 Å². The molecule has 0 fully saturated rings. The highest BCUT2D eigenvalue weighted by Gasteiger charge is 2.05. The Morgan fingerprint density at radius 3 is 2.70 bits per heavy atom. The van der Waals surface area contributed by atoms with Crippen LogP contribution in [-0.4, -0.2) is 23.2 Å². The number of carbonyl (C=O) groups is 1. The molecule has 0 unspecified atom stereocenters. The van der Waals surface area contributed by atoms with Crippen LogP contribution in [0.2, 0.25) is 0 Å². The van der Waals surface area contributed by atoms with Gasteiger partial charge >= 0.3 is 5.97 Å². The zero-order valence-corrected chi connectivity index (χ0v) is 11.4. The molecular formula is C15H16N2O3. The fraction of sp³-hybridized carbons (Fsp3) is 0.200. The summed E-state index contributed by atoms with van der Waals surface area (Å²) in [6, 6.07) is 8.74. The summed E-state index contributed by atoms with van der Waals surface area (Å²) in [6.07, 6.45) is 1.74. The van der Waals surface area contributed by atoms with Crippen LogP contribution in [0.5, 0.6) is 5.88 Å². The highest BCUT2D eigenvalue weighted by molar-refractivity contribution is 5.88. The smallest absolute Gasteiger partial charge is 0.335 e. The maximum absolute atomic E-state index is 10.9. The summed E-state index contributed by atoms with van der Waals surface area (Å²) in [5.74, 6) is -0.338. The molecule has 2 rings (SSSR count). The molecule has 0 saturated carbocycles. The Bertz CT molecular complexity index is 609. The van der Waals surface area contributed by atoms with Crippen molar-refractivity contribution < 1.29 is 14.6 Å². The Balaban J connectivity index is 2.04. The molecule has 0 bridgehead atoms. The van der Waals surface area contributed by atoms with Crippen molar-refractivity contribution in [3.63, 3.8) is 0 Å². The van der Waals surface area contributed by atoms with Gasteiger partial charge in [-0.3, -0.25) is 0 Å². The number of aromatic carboxylic acids is 1. The highest BCUT2D eigenvalue weighted by atomic mass is 16.5. The quantitative estimate of drug-likeness (QED) is 0.875. The summed E-state index contributed by atoms with van der Waals surface area (Å²) < 4.78 is 5.00. The molecule has 0 radical (unpaired) electrons. The van der Waals surface area contributed by atoms with Gasteiger partial charge in [-0.1, -0.05) is 6.07 Å². The van der Waals surface area contributed by atoms with E-state index in [1.54, 1.807) is 37.6 Å². The Kier molecular flexibility index (Phi) is 4.20. The average Bonchev–Trinajstić information content (AvgIpc) is 2.46. The number of carboxylic acid groups (broad SMARTS) is 1. The Hall–Kier alpha value is -2.56. The normalized spacial score (nSPS) is 10.1. The molecule has 5 heteroatoms. The van der Waals surface area contributed by atoms with E-state index in [4.69, 9.17) is 9.84 Å². The molecule has 1 heterocycles. The van der Waals surface area contributed by atoms with Crippen LogP contribution in [0.1, 0.15) is 21.5 Å². The topological polar surface area (TPSA) is 71.5 Å². The van der Waals surface area contributed by atoms with E-state index >= 15 is 0 Å². The van der Waals surface area contributed by atoms with Crippen molar-refractivity contribution >= 4 is 11.7 Å². The maximum atomic E-state index is 10.9. The van der Waals surface area contributed by atoms with Crippen LogP contribution in [0.3, 0.4) is 0 Å². The number of methoxy groups -OCH3 is 1. The van der Waals surface area contributed by atoms with Gasteiger partial charge in [-0.15, -0.1) is 0 Å². The molecular weight excluding hydrogens is 256 g/mol. The minimum Gasteiger partial charge on any atom is -0.481 e. The predicted molar refractivity (Wildman–Crippen MR) is 76.3 cm³/mol. The third-order valence-electron chi connectivity index (χ3n) is 2.96. The number of nitrogens with one attached hydrogen (secondary N) is 1. The molecule has 2 N–H and O–H groups in total. The van der Waals surface area contributed by atoms with Crippen LogP contribution in [0, 0.1) is 6.92 Å². The second-order valence-corrected chi connectivity index (χ2v) is 4.40. The number of rotatable bonds is 5. The Morgan fingerprint density at radius 1 is 1.35 bits per heavy atom. The van der Waals surface area contributed by atoms with E-state index in [1.807, 2.05) is 13.0 Å². The zero-order valence-electron chi connectivity index (χ0n) is 11.4. The van der Waals surface area contributed by atoms with Gasteiger partial charge in [0, 0.05) is 24.5 Å². The van der Waals surface area contributed by atoms with Gasteiger partial charge < -0.3 is 15.2 Å². The predicted octanol–water partition coefficient (Wildman–Crippen LogP) is 2.71. The average molecular weight is 272 g/mol. The fourth-order valence-corrected chi connectivity index (χ4v) is 1.83. The van der Waals surface area contributed by atoms with Gasteiger partial charge in [-0.2, -0.15) is 0 Å². The molecule has 0 saturated heterocycles. The maximum Gasteiger partial charge on any atom is 0.335 e. The molecule has 0 aliphatic carbocycles. The number of hydrogen-bond donors (Lipinski definition) is 2. The number of hydrogen-bond acceptors (Lipinski definition) is 4. The third kappa shape index (κ3) is 3.26. The van der Waals surface area contributed by atoms with Gasteiger partial charge in [0.25, 0.3) is 0 Å². The molecule has 0 amide bonds. The monoisotopic (exact) mass is 272 g/mol. The molecule has 0 spiro atoms. The second kappa shape index (κ2) is 6.06. The van der Waals surface area contributed by atoms with Crippen molar-refractivity contribution in [1.29, 1.82) is 0 Å². The lowest BCUT2D eigenvalue weighted by Gasteiger charge is -2.10. The standard InChI is InChI=1S/C15H16N2O3/c1-10-7-12(15(18)19)4-5-13(10)16-8-11-3-6-14(20-2)17-9-11/h3-7,9,16H,8H2,1-2H3,(H,18,19). The SMILES string of the molecule is COc1ccc(CNc2ccc(C(=O)O)cc2C)cn1. The summed E-state index contributed by atoms with van der Waals surface area (Å²) in [4.78, 5) is 15.0. The van der Waals surface area contributed by atoms with Crippen LogP contribution in [0.25, 0.3) is 0 Å². The number of aromatic nitrogens is 1. The first-order chi connectivity index (χ1) is 9.60. The van der Waals surface area contributed by atoms with Gasteiger partial charge in [0.15, 0.2) is 0 Å². The fourth-order valence-electron chi connectivity index (χ4n) is 1.83. The number of benzene rings is 1. The molecule has 1 aromatic heterocycles. The van der Waals surface area contributed by atoms with Crippen molar-refractivity contribution in [3.8, 4) is 5.88 Å². The molecule has 5 nitrogen and oxygen atoms in total. The van der Waals surface area contributed by atoms with E-state index in [0.29, 0.717) is 18.0 Å². The molecule has 0 aliphatic rings. The lowest BCUT2D eigenvalue weighted by atomic mass is 10.1. The van der Waals surface area contributed by atoms with E-state index in [-0.39, 0.29) is 0 Å². The van der Waals surface area contributed by atoms with E-state index in [0.717, 1.165) is 16.8 Å². The van der Waals surface area contributed by atoms with E-state index < -0.39 is 5.97 Å². The number of ether oxygens (including phenoxy) is 1. The van der Waals surface area contributed by atoms with Crippen molar-refractivity contribution in [2.45, 2.75) is 13.5 Å². The second-order valence-electron chi connectivity index (χ2n) is 4.40. The Morgan fingerprint density at radius 2 is 2.15 bits per heavy atom. The zero-order chi connectivity index (χ0) is 14.5. The van der Waals surface area contributed by atoms with Gasteiger partial charge in [0.05, 0.1) is 12.7 Å². The Labute approximate surface area is 117 Å². The van der Waals surface area contributed by atoms with Crippen molar-refractivity contribution in [2.75, 3.05) is 12.4 Å². The van der Waals surface area contributed by atoms with Crippen molar-refractivity contribution in [2.24, 2.45) is 0 Å². The van der Waals surface area contributed by atoms with Crippen LogP contribution >= 0.6 is 0 Å². The van der Waals surface area contributed by atoms with Gasteiger partial charge in [0.1, 0.15) is 0 Å². The van der Waals surface area contributed by atoms with Crippen molar-refractivity contribution in [3.05, 3.63) is 53.2 Å². The number of anilines is 1. The first-order valence-corrected chi connectivity index (χ1v) is 6.17. The molecule has 20 heavy (non-hydrogen) atoms. The molecule has 1 aromatic carbocycles. The summed E-state index contributed by atoms with van der Waals surface area (Å²) in [5, 5.41) is 12.2. The number of carboxylic acids is 1. The largest absolute Gasteiger partial charge is 0.481 e. The highest BCUT2D eigenvalue weighted by Crippen LogP contribution is 2.18. The number of nitrogens with zero attached hydrogens (tertiary/aromatic N) is 1. The molecule has 0 atom stereocenters. The van der Waals surface area contributed by atoms with Gasteiger partial charge in [-0.05, 0) is 36.2 Å². The summed E-state index contributed by atoms with van der Waals surface area (Å²) >= 11 is 0. The van der Waals surface area contributed by atoms with Gasteiger partial charge in [-0.25, -0.2) is 9.78 Å². The summed E-state index contributed by atoms with van der Waals surface area (Å²) in [6.45, 7) is 2.49. The van der Waals surface area contributed by atoms with Crippen LogP contribution in [0.4, 0.5) is 5.69 Å². The minimum atomic E-state index is -0.918. The number of aryl methyl sites for hydroxylation is 1. The molecule has 104 valence electrons. The van der Waals surface area contributed by atoms with Crippen LogP contribution < -0.4 is 10.1 Å². The van der Waals surface area contributed by atoms with Crippen LogP contribution in [0.15, 0.2) is 36.5 Å². The molecule has 0 aliphatic heterocycles. The lowest BCUT2D eigenvalue weighted by molar-refractivity contribution is 0.0697. The first kappa shape index (κ1) is 13.9. The van der Waals surface area contributed by atoms with E-state index in [1.165, 1.54) is 0 Å². The van der Waals surface area contributed by atoms with Crippen LogP contribution in [-0.2, 0) is 6.54 Å². The van der Waals surface area contributed by atoms with E-state index in [9.17, 15) is 4.79 Å². The van der Waals surface area contributed by atoms with Gasteiger partial charge in [0.2, 0.25) is 5.88 Å². The lowest BCUT2D eigenvalue weighted by Crippen LogP contribution is -2.03. The summed E-state index contributed by atoms with van der Waals surface area (Å²) in [7, 11) is 1.58. The molecule has 2 aromatic rings. The first-order valence-electron chi connectivity index (χ1n) is 6.17. The minimum absolute atomic E-state index is 0.291. The number of pyridine rings is 1. The third-order valence-corrected chi connectivity index (χ3v) is 2.96.